The molecule has 1 aliphatic heterocycles. The molecule has 4 heteroatoms. The van der Waals surface area contributed by atoms with Crippen LogP contribution in [0.3, 0.4) is 0 Å². The largest absolute Gasteiger partial charge is 0.486 e. The summed E-state index contributed by atoms with van der Waals surface area (Å²) < 4.78 is 6.14. The monoisotopic (exact) mass is 357 g/mol. The molecule has 0 bridgehead atoms. The van der Waals surface area contributed by atoms with Crippen LogP contribution in [0.5, 0.6) is 5.75 Å². The molecule has 0 aromatic heterocycles. The second kappa shape index (κ2) is 7.09. The van der Waals surface area contributed by atoms with Crippen molar-refractivity contribution in [2.24, 2.45) is 0 Å². The molecule has 3 nitrogen and oxygen atoms in total. The zero-order chi connectivity index (χ0) is 18.0. The second-order valence-corrected chi connectivity index (χ2v) is 8.02. The fourth-order valence-corrected chi connectivity index (χ4v) is 3.10. The first-order valence-electron chi connectivity index (χ1n) is 8.61. The molecule has 1 fully saturated rings. The van der Waals surface area contributed by atoms with Gasteiger partial charge in [-0.1, -0.05) is 62.7 Å². The quantitative estimate of drug-likeness (QED) is 0.808. The Bertz CT molecular complexity index is 743. The maximum absolute atomic E-state index is 12.3. The molecule has 0 unspecified atom stereocenters. The lowest BCUT2D eigenvalue weighted by Crippen LogP contribution is -2.56. The molecule has 0 spiro atoms. The molecule has 25 heavy (non-hydrogen) atoms. The molecule has 0 atom stereocenters. The lowest BCUT2D eigenvalue weighted by molar-refractivity contribution is -0.139. The first kappa shape index (κ1) is 17.8. The van der Waals surface area contributed by atoms with Gasteiger partial charge in [0.15, 0.2) is 0 Å². The number of ether oxygens (including phenoxy) is 1. The number of carbonyl (C=O) groups excluding carboxylic acids is 1. The van der Waals surface area contributed by atoms with Gasteiger partial charge in [-0.3, -0.25) is 4.79 Å². The number of rotatable bonds is 4. The highest BCUT2D eigenvalue weighted by molar-refractivity contribution is 6.30. The Kier molecular flexibility index (Phi) is 5.05. The van der Waals surface area contributed by atoms with Crippen LogP contribution in [-0.2, 0) is 16.6 Å². The first-order chi connectivity index (χ1) is 11.8. The molecule has 0 N–H and O–H groups in total. The van der Waals surface area contributed by atoms with Crippen molar-refractivity contribution in [2.45, 2.75) is 38.7 Å². The predicted octanol–water partition coefficient (Wildman–Crippen LogP) is 4.47. The highest BCUT2D eigenvalue weighted by atomic mass is 35.5. The van der Waals surface area contributed by atoms with E-state index in [1.54, 1.807) is 0 Å². The zero-order valence-electron chi connectivity index (χ0n) is 15.0. The minimum Gasteiger partial charge on any atom is -0.486 e. The summed E-state index contributed by atoms with van der Waals surface area (Å²) in [6.07, 6.45) is 0.473. The third-order valence-electron chi connectivity index (χ3n) is 4.46. The van der Waals surface area contributed by atoms with Gasteiger partial charge in [-0.05, 0) is 34.7 Å². The number of hydrogen-bond donors (Lipinski definition) is 0. The van der Waals surface area contributed by atoms with Gasteiger partial charge in [0.1, 0.15) is 11.9 Å². The second-order valence-electron chi connectivity index (χ2n) is 7.59. The van der Waals surface area contributed by atoms with Crippen molar-refractivity contribution in [3.8, 4) is 5.75 Å². The maximum atomic E-state index is 12.3. The number of amides is 1. The van der Waals surface area contributed by atoms with Crippen molar-refractivity contribution in [3.05, 3.63) is 64.7 Å². The van der Waals surface area contributed by atoms with Crippen LogP contribution in [0.1, 0.15) is 31.9 Å². The van der Waals surface area contributed by atoms with E-state index in [2.05, 4.69) is 26.8 Å². The third kappa shape index (κ3) is 4.35. The molecule has 0 aliphatic carbocycles. The Hall–Kier alpha value is -2.00. The minimum absolute atomic E-state index is 0.0322. The number of carbonyl (C=O) groups is 1. The van der Waals surface area contributed by atoms with Crippen LogP contribution >= 0.6 is 11.6 Å². The van der Waals surface area contributed by atoms with Crippen LogP contribution in [0, 0.1) is 0 Å². The van der Waals surface area contributed by atoms with Crippen molar-refractivity contribution in [2.75, 3.05) is 13.1 Å². The van der Waals surface area contributed by atoms with Gasteiger partial charge in [-0.25, -0.2) is 0 Å². The van der Waals surface area contributed by atoms with Crippen LogP contribution in [0.4, 0.5) is 0 Å². The van der Waals surface area contributed by atoms with E-state index in [1.165, 1.54) is 5.56 Å². The Morgan fingerprint density at radius 3 is 2.40 bits per heavy atom. The lowest BCUT2D eigenvalue weighted by Gasteiger charge is -2.40. The molecule has 1 saturated heterocycles. The maximum Gasteiger partial charge on any atom is 0.227 e. The average molecular weight is 358 g/mol. The first-order valence-corrected chi connectivity index (χ1v) is 8.99. The Labute approximate surface area is 154 Å². The summed E-state index contributed by atoms with van der Waals surface area (Å²) in [5.74, 6) is 1.05. The summed E-state index contributed by atoms with van der Waals surface area (Å²) >= 11 is 5.88. The summed E-state index contributed by atoms with van der Waals surface area (Å²) in [6.45, 7) is 7.82. The summed E-state index contributed by atoms with van der Waals surface area (Å²) in [7, 11) is 0. The van der Waals surface area contributed by atoms with E-state index in [0.29, 0.717) is 24.5 Å². The Morgan fingerprint density at radius 1 is 1.12 bits per heavy atom. The van der Waals surface area contributed by atoms with E-state index in [9.17, 15) is 4.79 Å². The normalized spacial score (nSPS) is 15.0. The SMILES string of the molecule is CC(C)(C)c1ccccc1OC1CN(C(=O)Cc2ccc(Cl)cc2)C1. The number of benzene rings is 2. The van der Waals surface area contributed by atoms with E-state index in [1.807, 2.05) is 47.4 Å². The highest BCUT2D eigenvalue weighted by Gasteiger charge is 2.33. The van der Waals surface area contributed by atoms with Crippen LogP contribution in [0.2, 0.25) is 5.02 Å². The van der Waals surface area contributed by atoms with Crippen LogP contribution in [0.15, 0.2) is 48.5 Å². The number of hydrogen-bond acceptors (Lipinski definition) is 2. The van der Waals surface area contributed by atoms with E-state index in [0.717, 1.165) is 11.3 Å². The minimum atomic E-state index is 0.0322. The molecule has 1 aliphatic rings. The average Bonchev–Trinajstić information content (AvgIpc) is 2.52. The van der Waals surface area contributed by atoms with Crippen molar-refractivity contribution >= 4 is 17.5 Å². The van der Waals surface area contributed by atoms with Crippen molar-refractivity contribution in [3.63, 3.8) is 0 Å². The molecule has 132 valence electrons. The van der Waals surface area contributed by atoms with Gasteiger partial charge in [0, 0.05) is 5.02 Å². The van der Waals surface area contributed by atoms with Gasteiger partial charge in [-0.2, -0.15) is 0 Å². The molecule has 2 aromatic rings. The van der Waals surface area contributed by atoms with Gasteiger partial charge in [0.25, 0.3) is 0 Å². The van der Waals surface area contributed by atoms with Crippen molar-refractivity contribution < 1.29 is 9.53 Å². The van der Waals surface area contributed by atoms with Gasteiger partial charge in [0.2, 0.25) is 5.91 Å². The summed E-state index contributed by atoms with van der Waals surface area (Å²) in [5.41, 5.74) is 2.21. The molecular formula is C21H24ClNO2. The fraction of sp³-hybridized carbons (Fsp3) is 0.381. The number of halogens is 1. The molecular weight excluding hydrogens is 334 g/mol. The topological polar surface area (TPSA) is 29.5 Å². The Balaban J connectivity index is 1.55. The molecule has 0 radical (unpaired) electrons. The van der Waals surface area contributed by atoms with E-state index >= 15 is 0 Å². The van der Waals surface area contributed by atoms with E-state index < -0.39 is 0 Å². The van der Waals surface area contributed by atoms with Gasteiger partial charge in [-0.15, -0.1) is 0 Å². The van der Waals surface area contributed by atoms with Crippen molar-refractivity contribution in [1.82, 2.24) is 4.90 Å². The molecule has 2 aromatic carbocycles. The number of nitrogens with zero attached hydrogens (tertiary/aromatic N) is 1. The smallest absolute Gasteiger partial charge is 0.227 e. The van der Waals surface area contributed by atoms with Crippen molar-refractivity contribution in [1.29, 1.82) is 0 Å². The molecule has 1 heterocycles. The molecule has 1 amide bonds. The number of likely N-dealkylation sites (tertiary alicyclic amines) is 1. The highest BCUT2D eigenvalue weighted by Crippen LogP contribution is 2.32. The zero-order valence-corrected chi connectivity index (χ0v) is 15.7. The molecule has 0 saturated carbocycles. The van der Waals surface area contributed by atoms with E-state index in [4.69, 9.17) is 16.3 Å². The third-order valence-corrected chi connectivity index (χ3v) is 4.71. The summed E-state index contributed by atoms with van der Waals surface area (Å²) in [5, 5.41) is 0.686. The summed E-state index contributed by atoms with van der Waals surface area (Å²) in [4.78, 5) is 14.2. The Morgan fingerprint density at radius 2 is 1.76 bits per heavy atom. The molecule has 3 rings (SSSR count). The fourth-order valence-electron chi connectivity index (χ4n) is 2.97. The predicted molar refractivity (Wildman–Crippen MR) is 101 cm³/mol. The summed E-state index contributed by atoms with van der Waals surface area (Å²) in [6, 6.07) is 15.6. The van der Waals surface area contributed by atoms with E-state index in [-0.39, 0.29) is 17.4 Å². The standard InChI is InChI=1S/C21H24ClNO2/c1-21(2,3)18-6-4-5-7-19(18)25-17-13-23(14-17)20(24)12-15-8-10-16(22)11-9-15/h4-11,17H,12-14H2,1-3H3. The van der Waals surface area contributed by atoms with Crippen LogP contribution in [0.25, 0.3) is 0 Å². The van der Waals surface area contributed by atoms with Gasteiger partial charge in [0.05, 0.1) is 19.5 Å². The lowest BCUT2D eigenvalue weighted by atomic mass is 9.86. The van der Waals surface area contributed by atoms with Crippen LogP contribution < -0.4 is 4.74 Å². The van der Waals surface area contributed by atoms with Crippen LogP contribution in [-0.4, -0.2) is 30.0 Å². The number of para-hydroxylation sites is 1. The van der Waals surface area contributed by atoms with Gasteiger partial charge >= 0.3 is 0 Å². The van der Waals surface area contributed by atoms with Gasteiger partial charge < -0.3 is 9.64 Å².